The van der Waals surface area contributed by atoms with Crippen molar-refractivity contribution in [1.82, 2.24) is 4.90 Å². The number of halogens is 2. The van der Waals surface area contributed by atoms with Gasteiger partial charge in [-0.15, -0.1) is 0 Å². The number of carbonyl (C=O) groups is 2. The molecule has 1 aliphatic heterocycles. The van der Waals surface area contributed by atoms with E-state index in [4.69, 9.17) is 37.9 Å². The van der Waals surface area contributed by atoms with Gasteiger partial charge in [-0.2, -0.15) is 5.26 Å². The molecule has 6 nitrogen and oxygen atoms in total. The van der Waals surface area contributed by atoms with Crippen molar-refractivity contribution in [3.63, 3.8) is 0 Å². The molecule has 2 aromatic carbocycles. The Morgan fingerprint density at radius 2 is 1.93 bits per heavy atom. The van der Waals surface area contributed by atoms with E-state index in [0.717, 1.165) is 16.7 Å². The standard InChI is InChI=1S/C20H14Cl2N2O4S/c1-27-17-9-12(3-5-16(17)28-7-6-23)10-18-19(25)24(20(26)29-18)11-13-2-4-14(21)15(22)8-13/h2-5,8-10H,7,11H2,1H3/b18-10-. The highest BCUT2D eigenvalue weighted by molar-refractivity contribution is 8.18. The molecular weight excluding hydrogens is 435 g/mol. The van der Waals surface area contributed by atoms with Crippen molar-refractivity contribution in [2.45, 2.75) is 6.54 Å². The molecule has 1 aliphatic rings. The molecule has 0 atom stereocenters. The quantitative estimate of drug-likeness (QED) is 0.569. The molecule has 29 heavy (non-hydrogen) atoms. The van der Waals surface area contributed by atoms with Crippen LogP contribution < -0.4 is 9.47 Å². The van der Waals surface area contributed by atoms with E-state index >= 15 is 0 Å². The lowest BCUT2D eigenvalue weighted by Crippen LogP contribution is -2.27. The highest BCUT2D eigenvalue weighted by atomic mass is 35.5. The van der Waals surface area contributed by atoms with Crippen molar-refractivity contribution in [3.8, 4) is 17.6 Å². The van der Waals surface area contributed by atoms with E-state index in [1.54, 1.807) is 42.5 Å². The minimum Gasteiger partial charge on any atom is -0.493 e. The lowest BCUT2D eigenvalue weighted by molar-refractivity contribution is -0.123. The maximum absolute atomic E-state index is 12.7. The summed E-state index contributed by atoms with van der Waals surface area (Å²) in [4.78, 5) is 26.5. The summed E-state index contributed by atoms with van der Waals surface area (Å²) < 4.78 is 10.5. The van der Waals surface area contributed by atoms with Gasteiger partial charge in [0.1, 0.15) is 6.07 Å². The summed E-state index contributed by atoms with van der Waals surface area (Å²) in [5.41, 5.74) is 1.36. The minimum absolute atomic E-state index is 0.100. The van der Waals surface area contributed by atoms with Crippen LogP contribution in [0.3, 0.4) is 0 Å². The van der Waals surface area contributed by atoms with Gasteiger partial charge in [-0.25, -0.2) is 0 Å². The first-order valence-corrected chi connectivity index (χ1v) is 9.87. The van der Waals surface area contributed by atoms with Crippen LogP contribution in [0.2, 0.25) is 10.0 Å². The Hall–Kier alpha value is -2.66. The molecule has 9 heteroatoms. The number of rotatable bonds is 6. The number of amides is 2. The third-order valence-corrected chi connectivity index (χ3v) is 5.62. The van der Waals surface area contributed by atoms with Crippen LogP contribution in [-0.2, 0) is 11.3 Å². The van der Waals surface area contributed by atoms with E-state index in [1.807, 2.05) is 6.07 Å². The molecule has 0 N–H and O–H groups in total. The zero-order chi connectivity index (χ0) is 21.0. The van der Waals surface area contributed by atoms with Crippen LogP contribution in [-0.4, -0.2) is 29.8 Å². The van der Waals surface area contributed by atoms with Crippen LogP contribution in [0.5, 0.6) is 11.5 Å². The van der Waals surface area contributed by atoms with Gasteiger partial charge in [0.25, 0.3) is 11.1 Å². The Bertz CT molecular complexity index is 1050. The molecule has 1 fully saturated rings. The Morgan fingerprint density at radius 1 is 1.14 bits per heavy atom. The smallest absolute Gasteiger partial charge is 0.293 e. The lowest BCUT2D eigenvalue weighted by atomic mass is 10.1. The summed E-state index contributed by atoms with van der Waals surface area (Å²) in [6.45, 7) is -0.00748. The summed E-state index contributed by atoms with van der Waals surface area (Å²) in [7, 11) is 1.48. The van der Waals surface area contributed by atoms with E-state index in [1.165, 1.54) is 7.11 Å². The number of benzene rings is 2. The average molecular weight is 449 g/mol. The number of carbonyl (C=O) groups excluding carboxylic acids is 2. The Kier molecular flexibility index (Phi) is 6.70. The van der Waals surface area contributed by atoms with Gasteiger partial charge in [-0.05, 0) is 53.2 Å². The molecule has 0 bridgehead atoms. The van der Waals surface area contributed by atoms with Crippen LogP contribution in [0.1, 0.15) is 11.1 Å². The third kappa shape index (κ3) is 4.85. The van der Waals surface area contributed by atoms with Crippen molar-refractivity contribution < 1.29 is 19.1 Å². The number of methoxy groups -OCH3 is 1. The number of ether oxygens (including phenoxy) is 2. The lowest BCUT2D eigenvalue weighted by Gasteiger charge is -2.13. The molecule has 1 heterocycles. The summed E-state index contributed by atoms with van der Waals surface area (Å²) in [6, 6.07) is 11.9. The summed E-state index contributed by atoms with van der Waals surface area (Å²) in [6.07, 6.45) is 1.61. The Labute approximate surface area is 181 Å². The molecule has 0 saturated carbocycles. The van der Waals surface area contributed by atoms with Crippen LogP contribution in [0.25, 0.3) is 6.08 Å². The van der Waals surface area contributed by atoms with Gasteiger partial charge >= 0.3 is 0 Å². The Balaban J connectivity index is 1.80. The normalized spacial score (nSPS) is 15.0. The zero-order valence-corrected chi connectivity index (χ0v) is 17.5. The fourth-order valence-electron chi connectivity index (χ4n) is 2.61. The second-order valence-corrected chi connectivity index (χ2v) is 7.68. The van der Waals surface area contributed by atoms with Gasteiger partial charge in [0, 0.05) is 0 Å². The molecular formula is C20H14Cl2N2O4S. The van der Waals surface area contributed by atoms with Gasteiger partial charge in [0.15, 0.2) is 18.1 Å². The van der Waals surface area contributed by atoms with Gasteiger partial charge in [0.05, 0.1) is 28.6 Å². The number of nitriles is 1. The largest absolute Gasteiger partial charge is 0.493 e. The summed E-state index contributed by atoms with van der Waals surface area (Å²) in [5.74, 6) is 0.442. The van der Waals surface area contributed by atoms with E-state index in [-0.39, 0.29) is 18.4 Å². The highest BCUT2D eigenvalue weighted by Crippen LogP contribution is 2.35. The van der Waals surface area contributed by atoms with Gasteiger partial charge in [0.2, 0.25) is 0 Å². The number of hydrogen-bond donors (Lipinski definition) is 0. The second-order valence-electron chi connectivity index (χ2n) is 5.87. The molecule has 3 rings (SSSR count). The molecule has 0 aromatic heterocycles. The van der Waals surface area contributed by atoms with Crippen LogP contribution in [0.15, 0.2) is 41.3 Å². The van der Waals surface area contributed by atoms with Crippen molar-refractivity contribution in [3.05, 3.63) is 62.5 Å². The van der Waals surface area contributed by atoms with Crippen molar-refractivity contribution >= 4 is 52.2 Å². The van der Waals surface area contributed by atoms with Crippen LogP contribution in [0.4, 0.5) is 4.79 Å². The van der Waals surface area contributed by atoms with Gasteiger partial charge in [-0.3, -0.25) is 14.5 Å². The number of thioether (sulfide) groups is 1. The molecule has 0 spiro atoms. The molecule has 2 aromatic rings. The van der Waals surface area contributed by atoms with E-state index in [0.29, 0.717) is 37.6 Å². The average Bonchev–Trinajstić information content (AvgIpc) is 2.97. The number of hydrogen-bond acceptors (Lipinski definition) is 6. The third-order valence-electron chi connectivity index (χ3n) is 3.98. The summed E-state index contributed by atoms with van der Waals surface area (Å²) >= 11 is 12.8. The van der Waals surface area contributed by atoms with E-state index in [2.05, 4.69) is 0 Å². The minimum atomic E-state index is -0.394. The van der Waals surface area contributed by atoms with Crippen molar-refractivity contribution in [2.75, 3.05) is 13.7 Å². The number of imide groups is 1. The van der Waals surface area contributed by atoms with E-state index in [9.17, 15) is 9.59 Å². The first kappa shape index (κ1) is 21.1. The van der Waals surface area contributed by atoms with Crippen molar-refractivity contribution in [1.29, 1.82) is 5.26 Å². The second kappa shape index (κ2) is 9.23. The monoisotopic (exact) mass is 448 g/mol. The van der Waals surface area contributed by atoms with Gasteiger partial charge < -0.3 is 9.47 Å². The fourth-order valence-corrected chi connectivity index (χ4v) is 3.77. The molecule has 2 amide bonds. The maximum Gasteiger partial charge on any atom is 0.293 e. The van der Waals surface area contributed by atoms with Crippen LogP contribution >= 0.6 is 35.0 Å². The topological polar surface area (TPSA) is 79.6 Å². The Morgan fingerprint density at radius 3 is 2.62 bits per heavy atom. The molecule has 148 valence electrons. The molecule has 0 aliphatic carbocycles. The number of nitrogens with zero attached hydrogens (tertiary/aromatic N) is 2. The summed E-state index contributed by atoms with van der Waals surface area (Å²) in [5, 5.41) is 9.03. The van der Waals surface area contributed by atoms with E-state index < -0.39 is 5.91 Å². The molecule has 0 unspecified atom stereocenters. The SMILES string of the molecule is COc1cc(/C=C2\SC(=O)N(Cc3ccc(Cl)c(Cl)c3)C2=O)ccc1OCC#N. The van der Waals surface area contributed by atoms with Crippen molar-refractivity contribution in [2.24, 2.45) is 0 Å². The zero-order valence-electron chi connectivity index (χ0n) is 15.1. The molecule has 0 radical (unpaired) electrons. The maximum atomic E-state index is 12.7. The highest BCUT2D eigenvalue weighted by Gasteiger charge is 2.35. The first-order valence-electron chi connectivity index (χ1n) is 8.30. The molecule has 1 saturated heterocycles. The van der Waals surface area contributed by atoms with Crippen LogP contribution in [0, 0.1) is 11.3 Å². The first-order chi connectivity index (χ1) is 13.9. The fraction of sp³-hybridized carbons (Fsp3) is 0.150. The predicted octanol–water partition coefficient (Wildman–Crippen LogP) is 5.14. The predicted molar refractivity (Wildman–Crippen MR) is 112 cm³/mol. The van der Waals surface area contributed by atoms with Gasteiger partial charge in [-0.1, -0.05) is 35.3 Å².